The standard InChI is InChI=1S/C17H19NO/c1-2-16(18)13-8-6-12(7-9-13)15-5-3-4-14-10-11-19-17(14)15/h3-9,16H,2,10-11,18H2,1H3. The van der Waals surface area contributed by atoms with Crippen molar-refractivity contribution >= 4 is 0 Å². The molecule has 0 fully saturated rings. The first kappa shape index (κ1) is 12.2. The second-order valence-corrected chi connectivity index (χ2v) is 5.03. The summed E-state index contributed by atoms with van der Waals surface area (Å²) in [4.78, 5) is 0. The highest BCUT2D eigenvalue weighted by molar-refractivity contribution is 5.73. The van der Waals surface area contributed by atoms with Gasteiger partial charge in [0.2, 0.25) is 0 Å². The molecular weight excluding hydrogens is 234 g/mol. The maximum Gasteiger partial charge on any atom is 0.130 e. The number of rotatable bonds is 3. The Morgan fingerprint density at radius 2 is 1.95 bits per heavy atom. The molecule has 0 saturated heterocycles. The van der Waals surface area contributed by atoms with Gasteiger partial charge in [-0.2, -0.15) is 0 Å². The lowest BCUT2D eigenvalue weighted by atomic mass is 9.98. The Bertz CT molecular complexity index is 574. The molecule has 98 valence electrons. The summed E-state index contributed by atoms with van der Waals surface area (Å²) >= 11 is 0. The molecule has 1 atom stereocenters. The fourth-order valence-corrected chi connectivity index (χ4v) is 2.59. The van der Waals surface area contributed by atoms with Gasteiger partial charge in [-0.1, -0.05) is 49.4 Å². The maximum atomic E-state index is 6.05. The predicted octanol–water partition coefficient (Wildman–Crippen LogP) is 3.70. The molecule has 2 nitrogen and oxygen atoms in total. The van der Waals surface area contributed by atoms with E-state index in [4.69, 9.17) is 10.5 Å². The molecule has 1 aliphatic heterocycles. The van der Waals surface area contributed by atoms with Crippen LogP contribution in [0, 0.1) is 0 Å². The van der Waals surface area contributed by atoms with E-state index < -0.39 is 0 Å². The minimum atomic E-state index is 0.131. The smallest absolute Gasteiger partial charge is 0.130 e. The Balaban J connectivity index is 1.97. The van der Waals surface area contributed by atoms with Crippen LogP contribution in [0.15, 0.2) is 42.5 Å². The molecule has 0 spiro atoms. The average molecular weight is 253 g/mol. The number of benzene rings is 2. The highest BCUT2D eigenvalue weighted by Gasteiger charge is 2.16. The van der Waals surface area contributed by atoms with Crippen molar-refractivity contribution in [3.63, 3.8) is 0 Å². The van der Waals surface area contributed by atoms with Crippen molar-refractivity contribution in [1.82, 2.24) is 0 Å². The van der Waals surface area contributed by atoms with E-state index in [9.17, 15) is 0 Å². The molecule has 1 aliphatic rings. The fourth-order valence-electron chi connectivity index (χ4n) is 2.59. The molecule has 1 unspecified atom stereocenters. The normalized spacial score (nSPS) is 14.8. The third-order valence-corrected chi connectivity index (χ3v) is 3.80. The van der Waals surface area contributed by atoms with Crippen LogP contribution in [0.25, 0.3) is 11.1 Å². The molecule has 1 heterocycles. The van der Waals surface area contributed by atoms with Crippen LogP contribution in [-0.2, 0) is 6.42 Å². The summed E-state index contributed by atoms with van der Waals surface area (Å²) in [6.45, 7) is 2.90. The van der Waals surface area contributed by atoms with Gasteiger partial charge in [0.1, 0.15) is 5.75 Å². The number of nitrogens with two attached hydrogens (primary N) is 1. The molecule has 2 heteroatoms. The first-order chi connectivity index (χ1) is 9.29. The van der Waals surface area contributed by atoms with Crippen LogP contribution >= 0.6 is 0 Å². The van der Waals surface area contributed by atoms with Crippen molar-refractivity contribution < 1.29 is 4.74 Å². The fraction of sp³-hybridized carbons (Fsp3) is 0.294. The summed E-state index contributed by atoms with van der Waals surface area (Å²) in [5.74, 6) is 1.05. The van der Waals surface area contributed by atoms with E-state index in [-0.39, 0.29) is 6.04 Å². The van der Waals surface area contributed by atoms with E-state index in [0.717, 1.165) is 25.2 Å². The molecule has 0 radical (unpaired) electrons. The summed E-state index contributed by atoms with van der Waals surface area (Å²) in [6, 6.07) is 15.0. The highest BCUT2D eigenvalue weighted by atomic mass is 16.5. The molecule has 2 N–H and O–H groups in total. The van der Waals surface area contributed by atoms with Gasteiger partial charge in [0.25, 0.3) is 0 Å². The first-order valence-electron chi connectivity index (χ1n) is 6.90. The Hall–Kier alpha value is -1.80. The van der Waals surface area contributed by atoms with Crippen molar-refractivity contribution in [2.75, 3.05) is 6.61 Å². The molecule has 2 aromatic carbocycles. The number of fused-ring (bicyclic) bond motifs is 1. The third kappa shape index (κ3) is 2.24. The van der Waals surface area contributed by atoms with Gasteiger partial charge in [-0.15, -0.1) is 0 Å². The summed E-state index contributed by atoms with van der Waals surface area (Å²) in [5, 5.41) is 0. The van der Waals surface area contributed by atoms with Crippen LogP contribution < -0.4 is 10.5 Å². The van der Waals surface area contributed by atoms with E-state index in [1.165, 1.54) is 22.3 Å². The van der Waals surface area contributed by atoms with E-state index in [2.05, 4.69) is 49.4 Å². The molecule has 19 heavy (non-hydrogen) atoms. The van der Waals surface area contributed by atoms with Crippen molar-refractivity contribution in [3.05, 3.63) is 53.6 Å². The van der Waals surface area contributed by atoms with Crippen LogP contribution in [0.3, 0.4) is 0 Å². The van der Waals surface area contributed by atoms with Crippen molar-refractivity contribution in [1.29, 1.82) is 0 Å². The van der Waals surface area contributed by atoms with Gasteiger partial charge in [-0.3, -0.25) is 0 Å². The minimum Gasteiger partial charge on any atom is -0.492 e. The van der Waals surface area contributed by atoms with Crippen LogP contribution in [0.2, 0.25) is 0 Å². The van der Waals surface area contributed by atoms with Crippen molar-refractivity contribution in [2.45, 2.75) is 25.8 Å². The van der Waals surface area contributed by atoms with Crippen LogP contribution in [-0.4, -0.2) is 6.61 Å². The third-order valence-electron chi connectivity index (χ3n) is 3.80. The number of hydrogen-bond acceptors (Lipinski definition) is 2. The lowest BCUT2D eigenvalue weighted by Gasteiger charge is -2.11. The van der Waals surface area contributed by atoms with E-state index >= 15 is 0 Å². The number of ether oxygens (including phenoxy) is 1. The van der Waals surface area contributed by atoms with E-state index in [1.54, 1.807) is 0 Å². The van der Waals surface area contributed by atoms with Crippen LogP contribution in [0.5, 0.6) is 5.75 Å². The molecule has 3 rings (SSSR count). The van der Waals surface area contributed by atoms with Crippen molar-refractivity contribution in [3.8, 4) is 16.9 Å². The maximum absolute atomic E-state index is 6.05. The lowest BCUT2D eigenvalue weighted by Crippen LogP contribution is -2.08. The zero-order chi connectivity index (χ0) is 13.2. The van der Waals surface area contributed by atoms with Gasteiger partial charge in [0.15, 0.2) is 0 Å². The lowest BCUT2D eigenvalue weighted by molar-refractivity contribution is 0.358. The Kier molecular flexibility index (Phi) is 3.26. The molecule has 2 aromatic rings. The van der Waals surface area contributed by atoms with Crippen LogP contribution in [0.1, 0.15) is 30.5 Å². The molecule has 0 aromatic heterocycles. The Morgan fingerprint density at radius 3 is 2.68 bits per heavy atom. The quantitative estimate of drug-likeness (QED) is 0.905. The second kappa shape index (κ2) is 5.06. The van der Waals surface area contributed by atoms with Gasteiger partial charge >= 0.3 is 0 Å². The Labute approximate surface area is 114 Å². The predicted molar refractivity (Wildman–Crippen MR) is 78.3 cm³/mol. The second-order valence-electron chi connectivity index (χ2n) is 5.03. The largest absolute Gasteiger partial charge is 0.492 e. The summed E-state index contributed by atoms with van der Waals surface area (Å²) in [5.41, 5.74) is 10.9. The molecule has 0 aliphatic carbocycles. The zero-order valence-corrected chi connectivity index (χ0v) is 11.2. The van der Waals surface area contributed by atoms with Crippen molar-refractivity contribution in [2.24, 2.45) is 5.73 Å². The first-order valence-corrected chi connectivity index (χ1v) is 6.90. The topological polar surface area (TPSA) is 35.2 Å². The molecule has 0 saturated carbocycles. The van der Waals surface area contributed by atoms with Gasteiger partial charge < -0.3 is 10.5 Å². The summed E-state index contributed by atoms with van der Waals surface area (Å²) < 4.78 is 5.76. The average Bonchev–Trinajstić information content (AvgIpc) is 2.95. The highest BCUT2D eigenvalue weighted by Crippen LogP contribution is 2.36. The summed E-state index contributed by atoms with van der Waals surface area (Å²) in [7, 11) is 0. The zero-order valence-electron chi connectivity index (χ0n) is 11.2. The molecule has 0 amide bonds. The van der Waals surface area contributed by atoms with Gasteiger partial charge in [0, 0.05) is 18.0 Å². The number of hydrogen-bond donors (Lipinski definition) is 1. The monoisotopic (exact) mass is 253 g/mol. The molecule has 0 bridgehead atoms. The van der Waals surface area contributed by atoms with E-state index in [0.29, 0.717) is 0 Å². The minimum absolute atomic E-state index is 0.131. The van der Waals surface area contributed by atoms with E-state index in [1.807, 2.05) is 0 Å². The van der Waals surface area contributed by atoms with Gasteiger partial charge in [-0.25, -0.2) is 0 Å². The Morgan fingerprint density at radius 1 is 1.16 bits per heavy atom. The van der Waals surface area contributed by atoms with Gasteiger partial charge in [-0.05, 0) is 23.1 Å². The SMILES string of the molecule is CCC(N)c1ccc(-c2cccc3c2OCC3)cc1. The number of para-hydroxylation sites is 1. The summed E-state index contributed by atoms with van der Waals surface area (Å²) in [6.07, 6.45) is 1.98. The van der Waals surface area contributed by atoms with Gasteiger partial charge in [0.05, 0.1) is 6.61 Å². The van der Waals surface area contributed by atoms with Crippen LogP contribution in [0.4, 0.5) is 0 Å². The molecular formula is C17H19NO.